The third-order valence-electron chi connectivity index (χ3n) is 5.74. The topological polar surface area (TPSA) is 34.1 Å². The van der Waals surface area contributed by atoms with E-state index in [0.717, 1.165) is 12.1 Å². The first-order chi connectivity index (χ1) is 18.6. The van der Waals surface area contributed by atoms with Crippen LogP contribution >= 0.6 is 23.2 Å². The van der Waals surface area contributed by atoms with Crippen LogP contribution in [-0.4, -0.2) is 23.9 Å². The maximum atomic E-state index is 15.0. The van der Waals surface area contributed by atoms with Crippen molar-refractivity contribution in [3.05, 3.63) is 80.8 Å². The molecule has 0 bridgehead atoms. The number of carbonyl (C=O) groups excluding carboxylic acids is 2. The van der Waals surface area contributed by atoms with Crippen molar-refractivity contribution < 1.29 is 53.5 Å². The molecule has 0 radical (unpaired) electrons. The first kappa shape index (κ1) is 34.3. The smallest absolute Gasteiger partial charge is 0.299 e. The van der Waals surface area contributed by atoms with Crippen LogP contribution in [0.1, 0.15) is 64.7 Å². The van der Waals surface area contributed by atoms with Gasteiger partial charge in [-0.2, -0.15) is 39.5 Å². The number of allylic oxidation sites excluding steroid dienone is 1. The van der Waals surface area contributed by atoms with E-state index in [1.807, 2.05) is 0 Å². The average molecular weight is 637 g/mol. The van der Waals surface area contributed by atoms with Crippen LogP contribution in [0.3, 0.4) is 0 Å². The SMILES string of the molecule is C=Cc1c(Cl)cc(C(/C=C(\F)c2ccc(C(=O)C[C@H](C)CC(=O)CC(F)(F)F)c(C(F)(F)F)c2)C(F)(F)F)cc1Cl. The summed E-state index contributed by atoms with van der Waals surface area (Å²) < 4.78 is 135. The lowest BCUT2D eigenvalue weighted by Gasteiger charge is -2.20. The van der Waals surface area contributed by atoms with Crippen LogP contribution in [0.5, 0.6) is 0 Å². The molecule has 0 aliphatic rings. The number of carbonyl (C=O) groups is 2. The molecular formula is C27H20Cl2F10O2. The van der Waals surface area contributed by atoms with Crippen LogP contribution < -0.4 is 0 Å². The number of ketones is 2. The number of hydrogen-bond donors (Lipinski definition) is 0. The predicted octanol–water partition coefficient (Wildman–Crippen LogP) is 10.4. The molecule has 2 atom stereocenters. The van der Waals surface area contributed by atoms with E-state index in [1.165, 1.54) is 13.0 Å². The van der Waals surface area contributed by atoms with Gasteiger partial charge in [0.1, 0.15) is 23.9 Å². The van der Waals surface area contributed by atoms with Crippen LogP contribution in [-0.2, 0) is 11.0 Å². The van der Waals surface area contributed by atoms with Crippen molar-refractivity contribution >= 4 is 46.7 Å². The van der Waals surface area contributed by atoms with Gasteiger partial charge in [-0.15, -0.1) is 0 Å². The van der Waals surface area contributed by atoms with Crippen LogP contribution in [0.15, 0.2) is 43.0 Å². The fourth-order valence-corrected chi connectivity index (χ4v) is 4.61. The highest BCUT2D eigenvalue weighted by Crippen LogP contribution is 2.42. The number of halogens is 12. The predicted molar refractivity (Wildman–Crippen MR) is 134 cm³/mol. The molecule has 0 saturated heterocycles. The normalized spacial score (nSPS) is 14.5. The standard InChI is InChI=1S/C27H20Cl2F10O2/c1-3-17-21(28)9-15(10-22(17)29)19(26(34,35)36)11-23(30)14-4-5-18(20(8-14)27(37,38)39)24(41)7-13(2)6-16(40)12-25(31,32)33/h3-5,8-11,13,19H,1,6-7,12H2,2H3/b23-11-/t13-,19?/m1/s1. The minimum absolute atomic E-state index is 0.0287. The first-order valence-electron chi connectivity index (χ1n) is 11.5. The highest BCUT2D eigenvalue weighted by Gasteiger charge is 2.41. The Kier molecular flexibility index (Phi) is 10.9. The van der Waals surface area contributed by atoms with Crippen molar-refractivity contribution in [3.8, 4) is 0 Å². The van der Waals surface area contributed by atoms with E-state index >= 15 is 4.39 Å². The van der Waals surface area contributed by atoms with Gasteiger partial charge in [-0.25, -0.2) is 4.39 Å². The van der Waals surface area contributed by atoms with Crippen molar-refractivity contribution in [2.45, 2.75) is 50.6 Å². The molecule has 0 aromatic heterocycles. The van der Waals surface area contributed by atoms with Crippen LogP contribution in [0.25, 0.3) is 11.9 Å². The van der Waals surface area contributed by atoms with Gasteiger partial charge in [0.25, 0.3) is 0 Å². The van der Waals surface area contributed by atoms with E-state index in [1.54, 1.807) is 0 Å². The lowest BCUT2D eigenvalue weighted by molar-refractivity contribution is -0.152. The Morgan fingerprint density at radius 1 is 0.927 bits per heavy atom. The molecule has 14 heteroatoms. The van der Waals surface area contributed by atoms with Gasteiger partial charge in [-0.1, -0.05) is 54.9 Å². The van der Waals surface area contributed by atoms with E-state index in [9.17, 15) is 49.1 Å². The molecule has 0 amide bonds. The van der Waals surface area contributed by atoms with Crippen LogP contribution in [0.4, 0.5) is 43.9 Å². The molecule has 1 unspecified atom stereocenters. The van der Waals surface area contributed by atoms with Crippen molar-refractivity contribution in [1.82, 2.24) is 0 Å². The molecule has 41 heavy (non-hydrogen) atoms. The zero-order chi connectivity index (χ0) is 31.5. The molecule has 0 fully saturated rings. The van der Waals surface area contributed by atoms with Gasteiger partial charge < -0.3 is 0 Å². The van der Waals surface area contributed by atoms with E-state index in [4.69, 9.17) is 23.2 Å². The number of benzene rings is 2. The lowest BCUT2D eigenvalue weighted by atomic mass is 9.91. The van der Waals surface area contributed by atoms with Gasteiger partial charge in [-0.05, 0) is 35.8 Å². The Morgan fingerprint density at radius 3 is 1.95 bits per heavy atom. The van der Waals surface area contributed by atoms with Gasteiger partial charge in [0.2, 0.25) is 0 Å². The number of alkyl halides is 9. The fourth-order valence-electron chi connectivity index (χ4n) is 3.95. The first-order valence-corrected chi connectivity index (χ1v) is 12.3. The summed E-state index contributed by atoms with van der Waals surface area (Å²) in [4.78, 5) is 24.1. The number of hydrogen-bond acceptors (Lipinski definition) is 2. The van der Waals surface area contributed by atoms with Gasteiger partial charge >= 0.3 is 18.5 Å². The molecule has 2 aromatic rings. The summed E-state index contributed by atoms with van der Waals surface area (Å²) in [5.41, 5.74) is -4.10. The van der Waals surface area contributed by atoms with Gasteiger partial charge in [0, 0.05) is 39.6 Å². The summed E-state index contributed by atoms with van der Waals surface area (Å²) >= 11 is 11.9. The minimum atomic E-state index is -5.26. The second kappa shape index (κ2) is 13.0. The molecule has 0 aliphatic heterocycles. The average Bonchev–Trinajstić information content (AvgIpc) is 2.78. The molecule has 2 nitrogen and oxygen atoms in total. The van der Waals surface area contributed by atoms with Gasteiger partial charge in [-0.3, -0.25) is 9.59 Å². The second-order valence-electron chi connectivity index (χ2n) is 9.16. The molecule has 0 heterocycles. The zero-order valence-corrected chi connectivity index (χ0v) is 22.4. The van der Waals surface area contributed by atoms with E-state index < -0.39 is 89.3 Å². The van der Waals surface area contributed by atoms with Crippen LogP contribution in [0, 0.1) is 5.92 Å². The Bertz CT molecular complexity index is 1320. The van der Waals surface area contributed by atoms with Gasteiger partial charge in [0.15, 0.2) is 5.78 Å². The highest BCUT2D eigenvalue weighted by molar-refractivity contribution is 6.37. The summed E-state index contributed by atoms with van der Waals surface area (Å²) in [7, 11) is 0. The molecule has 0 spiro atoms. The van der Waals surface area contributed by atoms with Crippen molar-refractivity contribution in [1.29, 1.82) is 0 Å². The van der Waals surface area contributed by atoms with Gasteiger partial charge in [0.05, 0.1) is 5.56 Å². The quantitative estimate of drug-likeness (QED) is 0.192. The largest absolute Gasteiger partial charge is 0.417 e. The van der Waals surface area contributed by atoms with Crippen LogP contribution in [0.2, 0.25) is 10.0 Å². The van der Waals surface area contributed by atoms with Crippen molar-refractivity contribution in [3.63, 3.8) is 0 Å². The molecule has 2 rings (SSSR count). The Labute approximate surface area is 237 Å². The van der Waals surface area contributed by atoms with E-state index in [0.29, 0.717) is 12.1 Å². The maximum Gasteiger partial charge on any atom is 0.417 e. The maximum absolute atomic E-state index is 15.0. The summed E-state index contributed by atoms with van der Waals surface area (Å²) in [5, 5.41) is -0.468. The van der Waals surface area contributed by atoms with E-state index in [2.05, 4.69) is 6.58 Å². The molecule has 224 valence electrons. The molecular weight excluding hydrogens is 617 g/mol. The highest BCUT2D eigenvalue weighted by atomic mass is 35.5. The summed E-state index contributed by atoms with van der Waals surface area (Å²) in [6.07, 6.45) is -17.2. The lowest BCUT2D eigenvalue weighted by Crippen LogP contribution is -2.20. The zero-order valence-electron chi connectivity index (χ0n) is 20.9. The Morgan fingerprint density at radius 2 is 1.49 bits per heavy atom. The van der Waals surface area contributed by atoms with E-state index in [-0.39, 0.29) is 27.8 Å². The second-order valence-corrected chi connectivity index (χ2v) is 9.98. The Hall–Kier alpha value is -2.86. The number of rotatable bonds is 10. The van der Waals surface area contributed by atoms with Crippen molar-refractivity contribution in [2.24, 2.45) is 5.92 Å². The molecule has 2 aromatic carbocycles. The number of Topliss-reactive ketones (excluding diaryl/α,β-unsaturated/α-hetero) is 2. The molecule has 0 N–H and O–H groups in total. The summed E-state index contributed by atoms with van der Waals surface area (Å²) in [5.74, 6) is -7.92. The molecule has 0 aliphatic carbocycles. The monoisotopic (exact) mass is 636 g/mol. The third-order valence-corrected chi connectivity index (χ3v) is 6.36. The summed E-state index contributed by atoms with van der Waals surface area (Å²) in [6.45, 7) is 4.61. The third kappa shape index (κ3) is 9.59. The van der Waals surface area contributed by atoms with Crippen molar-refractivity contribution in [2.75, 3.05) is 0 Å². The Balaban J connectivity index is 2.46. The fraction of sp³-hybridized carbons (Fsp3) is 0.333. The minimum Gasteiger partial charge on any atom is -0.299 e. The summed E-state index contributed by atoms with van der Waals surface area (Å²) in [6, 6.07) is 3.06. The molecule has 0 saturated carbocycles.